The van der Waals surface area contributed by atoms with Gasteiger partial charge < -0.3 is 9.84 Å². The highest BCUT2D eigenvalue weighted by molar-refractivity contribution is 8.00. The standard InChI is InChI=1S/C11H14O3S/c1-8(7-11(12)13)15-10-6-4-3-5-9(10)14-2/h3-6,8H,7H2,1-2H3,(H,12,13). The fourth-order valence-electron chi connectivity index (χ4n) is 1.22. The van der Waals surface area contributed by atoms with Crippen LogP contribution < -0.4 is 4.74 Å². The van der Waals surface area contributed by atoms with Crippen LogP contribution in [0.3, 0.4) is 0 Å². The number of aliphatic carboxylic acids is 1. The van der Waals surface area contributed by atoms with Crippen molar-refractivity contribution < 1.29 is 14.6 Å². The van der Waals surface area contributed by atoms with E-state index in [0.717, 1.165) is 10.6 Å². The van der Waals surface area contributed by atoms with E-state index in [1.165, 1.54) is 11.8 Å². The second-order valence-corrected chi connectivity index (χ2v) is 4.66. The third-order valence-electron chi connectivity index (χ3n) is 1.86. The van der Waals surface area contributed by atoms with Crippen molar-refractivity contribution in [1.82, 2.24) is 0 Å². The van der Waals surface area contributed by atoms with E-state index in [-0.39, 0.29) is 11.7 Å². The maximum Gasteiger partial charge on any atom is 0.304 e. The monoisotopic (exact) mass is 226 g/mol. The summed E-state index contributed by atoms with van der Waals surface area (Å²) in [6, 6.07) is 7.61. The zero-order valence-corrected chi connectivity index (χ0v) is 9.58. The van der Waals surface area contributed by atoms with E-state index in [9.17, 15) is 4.79 Å². The van der Waals surface area contributed by atoms with Gasteiger partial charge in [-0.25, -0.2) is 0 Å². The van der Waals surface area contributed by atoms with Crippen LogP contribution in [0.15, 0.2) is 29.2 Å². The van der Waals surface area contributed by atoms with E-state index in [0.29, 0.717) is 0 Å². The van der Waals surface area contributed by atoms with Crippen molar-refractivity contribution >= 4 is 17.7 Å². The van der Waals surface area contributed by atoms with Crippen molar-refractivity contribution in [3.8, 4) is 5.75 Å². The molecule has 0 aliphatic rings. The summed E-state index contributed by atoms with van der Waals surface area (Å²) in [4.78, 5) is 11.5. The van der Waals surface area contributed by atoms with Crippen molar-refractivity contribution in [2.24, 2.45) is 0 Å². The number of ether oxygens (including phenoxy) is 1. The molecule has 4 heteroatoms. The molecule has 0 fully saturated rings. The first-order chi connectivity index (χ1) is 7.13. The van der Waals surface area contributed by atoms with Crippen molar-refractivity contribution in [2.75, 3.05) is 7.11 Å². The number of hydrogen-bond donors (Lipinski definition) is 1. The molecule has 1 atom stereocenters. The molecule has 1 N–H and O–H groups in total. The van der Waals surface area contributed by atoms with Gasteiger partial charge in [0.05, 0.1) is 13.5 Å². The van der Waals surface area contributed by atoms with Crippen molar-refractivity contribution in [2.45, 2.75) is 23.5 Å². The number of carbonyl (C=O) groups is 1. The molecular formula is C11H14O3S. The SMILES string of the molecule is COc1ccccc1SC(C)CC(=O)O. The summed E-state index contributed by atoms with van der Waals surface area (Å²) >= 11 is 1.52. The number of rotatable bonds is 5. The molecule has 0 amide bonds. The number of para-hydroxylation sites is 1. The molecular weight excluding hydrogens is 212 g/mol. The fourth-order valence-corrected chi connectivity index (χ4v) is 2.30. The average molecular weight is 226 g/mol. The predicted molar refractivity (Wildman–Crippen MR) is 60.6 cm³/mol. The normalized spacial score (nSPS) is 12.1. The van der Waals surface area contributed by atoms with Gasteiger partial charge >= 0.3 is 5.97 Å². The van der Waals surface area contributed by atoms with Gasteiger partial charge in [0.2, 0.25) is 0 Å². The summed E-state index contributed by atoms with van der Waals surface area (Å²) in [5.74, 6) is 0.0182. The number of carboxylic acid groups (broad SMARTS) is 1. The van der Waals surface area contributed by atoms with Crippen LogP contribution in [-0.4, -0.2) is 23.4 Å². The van der Waals surface area contributed by atoms with Gasteiger partial charge in [-0.2, -0.15) is 0 Å². The Balaban J connectivity index is 2.67. The molecule has 1 aromatic carbocycles. The Morgan fingerprint density at radius 2 is 2.20 bits per heavy atom. The predicted octanol–water partition coefficient (Wildman–Crippen LogP) is 2.65. The summed E-state index contributed by atoms with van der Waals surface area (Å²) in [7, 11) is 1.61. The molecule has 82 valence electrons. The molecule has 0 radical (unpaired) electrons. The van der Waals surface area contributed by atoms with Crippen LogP contribution in [0, 0.1) is 0 Å². The molecule has 0 spiro atoms. The largest absolute Gasteiger partial charge is 0.496 e. The lowest BCUT2D eigenvalue weighted by molar-refractivity contribution is -0.136. The first-order valence-corrected chi connectivity index (χ1v) is 5.53. The molecule has 0 heterocycles. The third-order valence-corrected chi connectivity index (χ3v) is 3.02. The molecule has 0 aliphatic heterocycles. The molecule has 15 heavy (non-hydrogen) atoms. The summed E-state index contributed by atoms with van der Waals surface area (Å²) in [5.41, 5.74) is 0. The summed E-state index contributed by atoms with van der Waals surface area (Å²) in [6.07, 6.45) is 0.155. The highest BCUT2D eigenvalue weighted by atomic mass is 32.2. The maximum absolute atomic E-state index is 10.5. The Morgan fingerprint density at radius 3 is 2.80 bits per heavy atom. The van der Waals surface area contributed by atoms with E-state index >= 15 is 0 Å². The average Bonchev–Trinajstić information content (AvgIpc) is 2.17. The second kappa shape index (κ2) is 5.66. The minimum atomic E-state index is -0.773. The quantitative estimate of drug-likeness (QED) is 0.784. The first kappa shape index (κ1) is 11.9. The van der Waals surface area contributed by atoms with Gasteiger partial charge in [0.15, 0.2) is 0 Å². The summed E-state index contributed by atoms with van der Waals surface area (Å²) < 4.78 is 5.18. The van der Waals surface area contributed by atoms with Crippen molar-refractivity contribution in [1.29, 1.82) is 0 Å². The maximum atomic E-state index is 10.5. The van der Waals surface area contributed by atoms with E-state index < -0.39 is 5.97 Å². The van der Waals surface area contributed by atoms with Gasteiger partial charge in [0.25, 0.3) is 0 Å². The van der Waals surface area contributed by atoms with Gasteiger partial charge in [-0.15, -0.1) is 11.8 Å². The van der Waals surface area contributed by atoms with Gasteiger partial charge in [-0.1, -0.05) is 19.1 Å². The Bertz CT molecular complexity index is 338. The van der Waals surface area contributed by atoms with E-state index in [1.807, 2.05) is 31.2 Å². The van der Waals surface area contributed by atoms with Crippen LogP contribution in [0.4, 0.5) is 0 Å². The zero-order valence-electron chi connectivity index (χ0n) is 8.77. The lowest BCUT2D eigenvalue weighted by Crippen LogP contribution is -2.05. The highest BCUT2D eigenvalue weighted by Gasteiger charge is 2.11. The molecule has 1 rings (SSSR count). The van der Waals surface area contributed by atoms with Gasteiger partial charge in [-0.3, -0.25) is 4.79 Å². The first-order valence-electron chi connectivity index (χ1n) is 4.65. The fraction of sp³-hybridized carbons (Fsp3) is 0.364. The highest BCUT2D eigenvalue weighted by Crippen LogP contribution is 2.32. The Hall–Kier alpha value is -1.16. The number of hydrogen-bond acceptors (Lipinski definition) is 3. The van der Waals surface area contributed by atoms with Gasteiger partial charge in [-0.05, 0) is 12.1 Å². The molecule has 0 saturated carbocycles. The zero-order chi connectivity index (χ0) is 11.3. The van der Waals surface area contributed by atoms with Crippen LogP contribution in [0.5, 0.6) is 5.75 Å². The van der Waals surface area contributed by atoms with Crippen LogP contribution >= 0.6 is 11.8 Å². The van der Waals surface area contributed by atoms with Crippen LogP contribution in [0.2, 0.25) is 0 Å². The molecule has 0 saturated heterocycles. The minimum absolute atomic E-state index is 0.0406. The molecule has 0 aliphatic carbocycles. The van der Waals surface area contributed by atoms with Gasteiger partial charge in [0, 0.05) is 10.1 Å². The molecule has 1 unspecified atom stereocenters. The molecule has 0 aromatic heterocycles. The second-order valence-electron chi connectivity index (χ2n) is 3.18. The summed E-state index contributed by atoms with van der Waals surface area (Å²) in [6.45, 7) is 1.89. The lowest BCUT2D eigenvalue weighted by Gasteiger charge is -2.11. The van der Waals surface area contributed by atoms with Crippen molar-refractivity contribution in [3.05, 3.63) is 24.3 Å². The molecule has 1 aromatic rings. The molecule has 0 bridgehead atoms. The molecule has 3 nitrogen and oxygen atoms in total. The van der Waals surface area contributed by atoms with E-state index in [4.69, 9.17) is 9.84 Å². The topological polar surface area (TPSA) is 46.5 Å². The van der Waals surface area contributed by atoms with Crippen molar-refractivity contribution in [3.63, 3.8) is 0 Å². The number of thioether (sulfide) groups is 1. The summed E-state index contributed by atoms with van der Waals surface area (Å²) in [5, 5.41) is 8.68. The Labute approximate surface area is 93.4 Å². The van der Waals surface area contributed by atoms with E-state index in [2.05, 4.69) is 0 Å². The van der Waals surface area contributed by atoms with Crippen LogP contribution in [0.25, 0.3) is 0 Å². The number of carboxylic acids is 1. The number of benzene rings is 1. The third kappa shape index (κ3) is 3.83. The van der Waals surface area contributed by atoms with Gasteiger partial charge in [0.1, 0.15) is 5.75 Å². The minimum Gasteiger partial charge on any atom is -0.496 e. The van der Waals surface area contributed by atoms with E-state index in [1.54, 1.807) is 7.11 Å². The Kier molecular flexibility index (Phi) is 4.49. The smallest absolute Gasteiger partial charge is 0.304 e. The van der Waals surface area contributed by atoms with Crippen LogP contribution in [0.1, 0.15) is 13.3 Å². The Morgan fingerprint density at radius 1 is 1.53 bits per heavy atom. The lowest BCUT2D eigenvalue weighted by atomic mass is 10.3. The van der Waals surface area contributed by atoms with Crippen LogP contribution in [-0.2, 0) is 4.79 Å². The number of methoxy groups -OCH3 is 1.